The topological polar surface area (TPSA) is 62.9 Å². The summed E-state index contributed by atoms with van der Waals surface area (Å²) in [6.07, 6.45) is 0. The van der Waals surface area contributed by atoms with Crippen LogP contribution in [-0.2, 0) is 10.0 Å². The Labute approximate surface area is 177 Å². The number of nitrogens with zero attached hydrogens (tertiary/aromatic N) is 2. The fourth-order valence-corrected chi connectivity index (χ4v) is 5.90. The molecule has 0 atom stereocenters. The van der Waals surface area contributed by atoms with E-state index in [4.69, 9.17) is 0 Å². The van der Waals surface area contributed by atoms with Crippen LogP contribution in [0, 0.1) is 21.8 Å². The first-order chi connectivity index (χ1) is 13.4. The third-order valence-electron chi connectivity index (χ3n) is 4.60. The van der Waals surface area contributed by atoms with Crippen molar-refractivity contribution < 1.29 is 8.42 Å². The van der Waals surface area contributed by atoms with Crippen molar-refractivity contribution in [2.75, 3.05) is 0 Å². The van der Waals surface area contributed by atoms with Crippen molar-refractivity contribution in [3.8, 4) is 17.3 Å². The lowest BCUT2D eigenvalue weighted by molar-refractivity contribution is 0.589. The summed E-state index contributed by atoms with van der Waals surface area (Å²) in [5.41, 5.74) is 3.45. The van der Waals surface area contributed by atoms with E-state index in [1.165, 1.54) is 3.97 Å². The Morgan fingerprint density at radius 2 is 1.64 bits per heavy atom. The number of halogens is 1. The third kappa shape index (κ3) is 3.01. The van der Waals surface area contributed by atoms with Crippen molar-refractivity contribution in [1.29, 1.82) is 5.26 Å². The van der Waals surface area contributed by atoms with Crippen LogP contribution < -0.4 is 0 Å². The average molecular weight is 498 g/mol. The van der Waals surface area contributed by atoms with Gasteiger partial charge in [0.15, 0.2) is 0 Å². The number of hydrogen-bond acceptors (Lipinski definition) is 3. The van der Waals surface area contributed by atoms with E-state index in [9.17, 15) is 13.7 Å². The number of hydrogen-bond donors (Lipinski definition) is 0. The van der Waals surface area contributed by atoms with E-state index in [2.05, 4.69) is 28.7 Å². The Bertz CT molecular complexity index is 1330. The molecule has 0 aliphatic heterocycles. The van der Waals surface area contributed by atoms with Gasteiger partial charge in [-0.05, 0) is 59.8 Å². The Morgan fingerprint density at radius 3 is 2.29 bits per heavy atom. The molecule has 0 amide bonds. The molecule has 1 aromatic heterocycles. The van der Waals surface area contributed by atoms with Gasteiger partial charge in [0.05, 0.1) is 27.7 Å². The molecule has 4 nitrogen and oxygen atoms in total. The van der Waals surface area contributed by atoms with E-state index in [0.717, 1.165) is 20.1 Å². The summed E-state index contributed by atoms with van der Waals surface area (Å²) in [6.45, 7) is 1.92. The highest BCUT2D eigenvalue weighted by Gasteiger charge is 2.27. The van der Waals surface area contributed by atoms with Gasteiger partial charge in [0.25, 0.3) is 10.0 Å². The van der Waals surface area contributed by atoms with Crippen LogP contribution in [0.15, 0.2) is 77.7 Å². The fourth-order valence-electron chi connectivity index (χ4n) is 3.20. The Balaban J connectivity index is 2.12. The fraction of sp³-hybridized carbons (Fsp3) is 0.0455. The van der Waals surface area contributed by atoms with E-state index < -0.39 is 10.0 Å². The highest BCUT2D eigenvalue weighted by Crippen LogP contribution is 2.38. The van der Waals surface area contributed by atoms with Crippen molar-refractivity contribution in [3.63, 3.8) is 0 Å². The first-order valence-corrected chi connectivity index (χ1v) is 11.1. The molecule has 0 spiro atoms. The van der Waals surface area contributed by atoms with Gasteiger partial charge >= 0.3 is 0 Å². The van der Waals surface area contributed by atoms with Gasteiger partial charge in [0.2, 0.25) is 0 Å². The number of nitriles is 1. The van der Waals surface area contributed by atoms with Gasteiger partial charge in [-0.25, -0.2) is 12.4 Å². The molecule has 0 unspecified atom stereocenters. The Kier molecular flexibility index (Phi) is 4.73. The van der Waals surface area contributed by atoms with Gasteiger partial charge in [-0.3, -0.25) is 0 Å². The molecule has 0 saturated heterocycles. The van der Waals surface area contributed by atoms with Crippen molar-refractivity contribution in [1.82, 2.24) is 3.97 Å². The monoisotopic (exact) mass is 498 g/mol. The smallest absolute Gasteiger partial charge is 0.232 e. The summed E-state index contributed by atoms with van der Waals surface area (Å²) >= 11 is 2.17. The number of aryl methyl sites for hydroxylation is 1. The zero-order valence-corrected chi connectivity index (χ0v) is 17.9. The van der Waals surface area contributed by atoms with Crippen molar-refractivity contribution in [3.05, 3.63) is 87.5 Å². The SMILES string of the molecule is Cc1ccc(S(=O)(=O)n2c(-c3ccccc3)c(I)c3cc(C#N)ccc32)cc1. The van der Waals surface area contributed by atoms with Gasteiger partial charge in [-0.15, -0.1) is 0 Å². The lowest BCUT2D eigenvalue weighted by atomic mass is 10.1. The first-order valence-electron chi connectivity index (χ1n) is 8.55. The molecule has 1 heterocycles. The molecule has 0 aliphatic rings. The van der Waals surface area contributed by atoms with Crippen LogP contribution in [0.4, 0.5) is 0 Å². The third-order valence-corrected chi connectivity index (χ3v) is 7.42. The molecule has 0 bridgehead atoms. The number of benzene rings is 3. The van der Waals surface area contributed by atoms with Gasteiger partial charge < -0.3 is 0 Å². The minimum absolute atomic E-state index is 0.230. The van der Waals surface area contributed by atoms with Crippen LogP contribution in [0.1, 0.15) is 11.1 Å². The predicted octanol–water partition coefficient (Wildman–Crippen LogP) is 5.33. The van der Waals surface area contributed by atoms with E-state index in [-0.39, 0.29) is 4.90 Å². The normalized spacial score (nSPS) is 11.5. The second-order valence-corrected chi connectivity index (χ2v) is 9.32. The Morgan fingerprint density at radius 1 is 0.964 bits per heavy atom. The highest BCUT2D eigenvalue weighted by molar-refractivity contribution is 14.1. The predicted molar refractivity (Wildman–Crippen MR) is 119 cm³/mol. The highest BCUT2D eigenvalue weighted by atomic mass is 127. The number of rotatable bonds is 3. The van der Waals surface area contributed by atoms with E-state index in [1.54, 1.807) is 42.5 Å². The van der Waals surface area contributed by atoms with Crippen LogP contribution in [0.5, 0.6) is 0 Å². The van der Waals surface area contributed by atoms with Crippen molar-refractivity contribution >= 4 is 43.5 Å². The van der Waals surface area contributed by atoms with Crippen LogP contribution in [-0.4, -0.2) is 12.4 Å². The summed E-state index contributed by atoms with van der Waals surface area (Å²) in [5.74, 6) is 0. The lowest BCUT2D eigenvalue weighted by Gasteiger charge is -2.13. The van der Waals surface area contributed by atoms with Crippen molar-refractivity contribution in [2.45, 2.75) is 11.8 Å². The maximum atomic E-state index is 13.6. The zero-order valence-electron chi connectivity index (χ0n) is 14.9. The van der Waals surface area contributed by atoms with Gasteiger partial charge in [0, 0.05) is 14.5 Å². The second-order valence-electron chi connectivity index (χ2n) is 6.45. The van der Waals surface area contributed by atoms with Gasteiger partial charge in [0.1, 0.15) is 0 Å². The second kappa shape index (κ2) is 7.08. The van der Waals surface area contributed by atoms with Crippen LogP contribution >= 0.6 is 22.6 Å². The van der Waals surface area contributed by atoms with Crippen LogP contribution in [0.2, 0.25) is 0 Å². The maximum absolute atomic E-state index is 13.6. The molecule has 0 radical (unpaired) electrons. The molecule has 3 aromatic carbocycles. The van der Waals surface area contributed by atoms with E-state index in [0.29, 0.717) is 16.8 Å². The molecular weight excluding hydrogens is 483 g/mol. The molecule has 4 aromatic rings. The van der Waals surface area contributed by atoms with E-state index in [1.807, 2.05) is 37.3 Å². The summed E-state index contributed by atoms with van der Waals surface area (Å²) < 4.78 is 29.4. The Hall–Kier alpha value is -2.63. The number of fused-ring (bicyclic) bond motifs is 1. The standard InChI is InChI=1S/C22H15IN2O2S/c1-15-7-10-18(11-8-15)28(26,27)25-20-12-9-16(14-24)13-19(20)21(23)22(25)17-5-3-2-4-6-17/h2-13H,1H3. The number of aromatic nitrogens is 1. The van der Waals surface area contributed by atoms with Crippen LogP contribution in [0.3, 0.4) is 0 Å². The van der Waals surface area contributed by atoms with E-state index >= 15 is 0 Å². The summed E-state index contributed by atoms with van der Waals surface area (Å²) in [5, 5.41) is 10.0. The molecule has 4 rings (SSSR count). The minimum atomic E-state index is -3.83. The molecule has 0 N–H and O–H groups in total. The molecular formula is C22H15IN2O2S. The lowest BCUT2D eigenvalue weighted by Crippen LogP contribution is -2.14. The minimum Gasteiger partial charge on any atom is -0.232 e. The molecule has 28 heavy (non-hydrogen) atoms. The van der Waals surface area contributed by atoms with Crippen molar-refractivity contribution in [2.24, 2.45) is 0 Å². The largest absolute Gasteiger partial charge is 0.268 e. The van der Waals surface area contributed by atoms with Gasteiger partial charge in [-0.2, -0.15) is 5.26 Å². The average Bonchev–Trinajstić information content (AvgIpc) is 3.01. The van der Waals surface area contributed by atoms with Crippen LogP contribution in [0.25, 0.3) is 22.2 Å². The molecule has 6 heteroatoms. The quantitative estimate of drug-likeness (QED) is 0.359. The summed E-state index contributed by atoms with van der Waals surface area (Å²) in [7, 11) is -3.83. The molecule has 138 valence electrons. The summed E-state index contributed by atoms with van der Waals surface area (Å²) in [6, 6.07) is 23.5. The maximum Gasteiger partial charge on any atom is 0.268 e. The zero-order chi connectivity index (χ0) is 19.9. The first kappa shape index (κ1) is 18.7. The molecule has 0 saturated carbocycles. The summed E-state index contributed by atoms with van der Waals surface area (Å²) in [4.78, 5) is 0.230. The van der Waals surface area contributed by atoms with Gasteiger partial charge in [-0.1, -0.05) is 48.0 Å². The molecule has 0 fully saturated rings. The molecule has 0 aliphatic carbocycles.